The molecule has 0 saturated heterocycles. The van der Waals surface area contributed by atoms with Crippen LogP contribution in [0.25, 0.3) is 0 Å². The maximum Gasteiger partial charge on any atom is 0.234 e. The molecule has 0 saturated carbocycles. The van der Waals surface area contributed by atoms with E-state index in [4.69, 9.17) is 16.3 Å². The van der Waals surface area contributed by atoms with Crippen LogP contribution in [0.5, 0.6) is 5.75 Å². The lowest BCUT2D eigenvalue weighted by Crippen LogP contribution is -2.14. The molecule has 8 heteroatoms. The molecule has 0 bridgehead atoms. The van der Waals surface area contributed by atoms with Gasteiger partial charge in [-0.2, -0.15) is 0 Å². The number of nitrogens with one attached hydrogen (secondary N) is 1. The molecule has 3 rings (SSSR count). The number of thioether (sulfide) groups is 1. The molecule has 0 radical (unpaired) electrons. The number of hydrogen-bond acceptors (Lipinski definition) is 5. The molecule has 28 heavy (non-hydrogen) atoms. The molecule has 2 aromatic carbocycles. The number of carbonyl (C=O) groups is 1. The first kappa shape index (κ1) is 20.2. The van der Waals surface area contributed by atoms with Crippen LogP contribution >= 0.6 is 23.4 Å². The van der Waals surface area contributed by atoms with Crippen LogP contribution < -0.4 is 10.1 Å². The minimum Gasteiger partial charge on any atom is -0.481 e. The lowest BCUT2D eigenvalue weighted by atomic mass is 10.2. The Morgan fingerprint density at radius 3 is 2.64 bits per heavy atom. The molecule has 146 valence electrons. The number of halogens is 1. The molecule has 0 fully saturated rings. The van der Waals surface area contributed by atoms with Gasteiger partial charge in [0.15, 0.2) is 17.1 Å². The van der Waals surface area contributed by atoms with Gasteiger partial charge >= 0.3 is 0 Å². The van der Waals surface area contributed by atoms with Crippen molar-refractivity contribution in [2.24, 2.45) is 7.05 Å². The van der Waals surface area contributed by atoms with Gasteiger partial charge in [0, 0.05) is 12.7 Å². The average Bonchev–Trinajstić information content (AvgIpc) is 3.04. The zero-order valence-corrected chi connectivity index (χ0v) is 17.4. The Labute approximate surface area is 173 Å². The number of anilines is 1. The quantitative estimate of drug-likeness (QED) is 0.568. The van der Waals surface area contributed by atoms with Gasteiger partial charge in [-0.1, -0.05) is 53.2 Å². The molecule has 1 aromatic heterocycles. The van der Waals surface area contributed by atoms with Crippen LogP contribution in [0.2, 0.25) is 5.02 Å². The van der Waals surface area contributed by atoms with Crippen LogP contribution in [0.4, 0.5) is 5.69 Å². The van der Waals surface area contributed by atoms with E-state index in [0.29, 0.717) is 21.8 Å². The zero-order valence-electron chi connectivity index (χ0n) is 15.8. The second-order valence-corrected chi connectivity index (χ2v) is 7.64. The van der Waals surface area contributed by atoms with Gasteiger partial charge in [-0.05, 0) is 38.1 Å². The summed E-state index contributed by atoms with van der Waals surface area (Å²) < 4.78 is 7.72. The van der Waals surface area contributed by atoms with Crippen LogP contribution in [-0.2, 0) is 11.8 Å². The number of para-hydroxylation sites is 1. The fourth-order valence-electron chi connectivity index (χ4n) is 2.55. The summed E-state index contributed by atoms with van der Waals surface area (Å²) >= 11 is 7.46. The highest BCUT2D eigenvalue weighted by Crippen LogP contribution is 2.29. The lowest BCUT2D eigenvalue weighted by molar-refractivity contribution is -0.113. The predicted molar refractivity (Wildman–Crippen MR) is 112 cm³/mol. The highest BCUT2D eigenvalue weighted by molar-refractivity contribution is 7.99. The molecule has 0 unspecified atom stereocenters. The van der Waals surface area contributed by atoms with Crippen molar-refractivity contribution in [1.82, 2.24) is 14.8 Å². The largest absolute Gasteiger partial charge is 0.481 e. The van der Waals surface area contributed by atoms with Crippen LogP contribution in [0.1, 0.15) is 24.4 Å². The van der Waals surface area contributed by atoms with Crippen molar-refractivity contribution in [3.8, 4) is 5.75 Å². The standard InChI is InChI=1S/C20H21ClN4O2S/c1-13-8-10-15(11-9-13)22-18(26)12-28-20-24-23-19(25(20)3)14(2)27-17-7-5-4-6-16(17)21/h4-11,14H,12H2,1-3H3,(H,22,26)/t14-/m0/s1. The number of nitrogens with zero attached hydrogens (tertiary/aromatic N) is 3. The summed E-state index contributed by atoms with van der Waals surface area (Å²) in [5, 5.41) is 12.4. The fraction of sp³-hybridized carbons (Fsp3) is 0.250. The molecule has 1 N–H and O–H groups in total. The molecular formula is C20H21ClN4O2S. The number of ether oxygens (including phenoxy) is 1. The number of aryl methyl sites for hydroxylation is 1. The molecule has 3 aromatic rings. The van der Waals surface area contributed by atoms with E-state index in [1.165, 1.54) is 11.8 Å². The van der Waals surface area contributed by atoms with Gasteiger partial charge in [-0.25, -0.2) is 0 Å². The predicted octanol–water partition coefficient (Wildman–Crippen LogP) is 4.65. The van der Waals surface area contributed by atoms with Gasteiger partial charge in [0.2, 0.25) is 5.91 Å². The summed E-state index contributed by atoms with van der Waals surface area (Å²) in [6.45, 7) is 3.88. The first-order chi connectivity index (χ1) is 13.4. The summed E-state index contributed by atoms with van der Waals surface area (Å²) in [6, 6.07) is 15.0. The fourth-order valence-corrected chi connectivity index (χ4v) is 3.45. The molecule has 0 aliphatic heterocycles. The zero-order chi connectivity index (χ0) is 20.1. The molecule has 1 atom stereocenters. The third-order valence-corrected chi connectivity index (χ3v) is 5.37. The van der Waals surface area contributed by atoms with Gasteiger partial charge in [0.05, 0.1) is 10.8 Å². The van der Waals surface area contributed by atoms with Crippen LogP contribution in [0, 0.1) is 6.92 Å². The summed E-state index contributed by atoms with van der Waals surface area (Å²) in [6.07, 6.45) is -0.340. The van der Waals surface area contributed by atoms with E-state index in [1.54, 1.807) is 12.1 Å². The Hall–Kier alpha value is -2.51. The monoisotopic (exact) mass is 416 g/mol. The van der Waals surface area contributed by atoms with E-state index in [0.717, 1.165) is 11.3 Å². The van der Waals surface area contributed by atoms with Crippen molar-refractivity contribution in [1.29, 1.82) is 0 Å². The van der Waals surface area contributed by atoms with Crippen molar-refractivity contribution < 1.29 is 9.53 Å². The molecule has 1 amide bonds. The first-order valence-corrected chi connectivity index (χ1v) is 10.1. The Bertz CT molecular complexity index is 959. The van der Waals surface area contributed by atoms with Gasteiger partial charge in [0.1, 0.15) is 5.75 Å². The Kier molecular flexibility index (Phi) is 6.59. The number of benzene rings is 2. The SMILES string of the molecule is Cc1ccc(NC(=O)CSc2nnc([C@H](C)Oc3ccccc3Cl)n2C)cc1. The minimum atomic E-state index is -0.340. The number of hydrogen-bond donors (Lipinski definition) is 1. The Morgan fingerprint density at radius 1 is 1.21 bits per heavy atom. The van der Waals surface area contributed by atoms with Gasteiger partial charge in [0.25, 0.3) is 0 Å². The second-order valence-electron chi connectivity index (χ2n) is 6.29. The maximum absolute atomic E-state index is 12.2. The van der Waals surface area contributed by atoms with Crippen LogP contribution in [0.3, 0.4) is 0 Å². The van der Waals surface area contributed by atoms with Gasteiger partial charge in [-0.3, -0.25) is 4.79 Å². The first-order valence-electron chi connectivity index (χ1n) is 8.74. The maximum atomic E-state index is 12.2. The second kappa shape index (κ2) is 9.12. The molecule has 0 spiro atoms. The molecule has 0 aliphatic carbocycles. The van der Waals surface area contributed by atoms with Crippen LogP contribution in [-0.4, -0.2) is 26.4 Å². The van der Waals surface area contributed by atoms with E-state index in [2.05, 4.69) is 15.5 Å². The normalized spacial score (nSPS) is 11.9. The lowest BCUT2D eigenvalue weighted by Gasteiger charge is -2.15. The topological polar surface area (TPSA) is 69.0 Å². The third-order valence-electron chi connectivity index (χ3n) is 4.04. The summed E-state index contributed by atoms with van der Waals surface area (Å²) in [5.74, 6) is 1.38. The van der Waals surface area contributed by atoms with E-state index in [-0.39, 0.29) is 17.8 Å². The summed E-state index contributed by atoms with van der Waals surface area (Å²) in [4.78, 5) is 12.2. The molecular weight excluding hydrogens is 396 g/mol. The number of carbonyl (C=O) groups excluding carboxylic acids is 1. The van der Waals surface area contributed by atoms with Crippen molar-refractivity contribution in [3.63, 3.8) is 0 Å². The summed E-state index contributed by atoms with van der Waals surface area (Å²) in [5.41, 5.74) is 1.92. The van der Waals surface area contributed by atoms with Gasteiger partial charge < -0.3 is 14.6 Å². The number of rotatable bonds is 7. The highest BCUT2D eigenvalue weighted by Gasteiger charge is 2.18. The van der Waals surface area contributed by atoms with Crippen molar-refractivity contribution in [3.05, 3.63) is 64.9 Å². The Morgan fingerprint density at radius 2 is 1.93 bits per heavy atom. The van der Waals surface area contributed by atoms with Crippen molar-refractivity contribution in [2.45, 2.75) is 25.1 Å². The van der Waals surface area contributed by atoms with E-state index in [1.807, 2.05) is 61.9 Å². The van der Waals surface area contributed by atoms with Crippen molar-refractivity contribution >= 4 is 35.0 Å². The minimum absolute atomic E-state index is 0.0984. The average molecular weight is 417 g/mol. The van der Waals surface area contributed by atoms with Crippen LogP contribution in [0.15, 0.2) is 53.7 Å². The molecule has 0 aliphatic rings. The Balaban J connectivity index is 1.58. The third kappa shape index (κ3) is 5.05. The molecule has 6 nitrogen and oxygen atoms in total. The highest BCUT2D eigenvalue weighted by atomic mass is 35.5. The van der Waals surface area contributed by atoms with E-state index >= 15 is 0 Å². The smallest absolute Gasteiger partial charge is 0.234 e. The number of aromatic nitrogens is 3. The summed E-state index contributed by atoms with van der Waals surface area (Å²) in [7, 11) is 1.85. The molecule has 1 heterocycles. The van der Waals surface area contributed by atoms with E-state index in [9.17, 15) is 4.79 Å². The number of amides is 1. The van der Waals surface area contributed by atoms with Crippen molar-refractivity contribution in [2.75, 3.05) is 11.1 Å². The van der Waals surface area contributed by atoms with E-state index < -0.39 is 0 Å². The van der Waals surface area contributed by atoms with Gasteiger partial charge in [-0.15, -0.1) is 10.2 Å².